The highest BCUT2D eigenvalue weighted by molar-refractivity contribution is 5.06. The first-order valence-electron chi connectivity index (χ1n) is 8.42. The van der Waals surface area contributed by atoms with Crippen LogP contribution in [0.25, 0.3) is 0 Å². The summed E-state index contributed by atoms with van der Waals surface area (Å²) in [5.74, 6) is 0.886. The molecule has 3 nitrogen and oxygen atoms in total. The van der Waals surface area contributed by atoms with Crippen molar-refractivity contribution in [3.8, 4) is 6.07 Å². The number of nitrogens with zero attached hydrogens (tertiary/aromatic N) is 2. The molecule has 0 spiro atoms. The second kappa shape index (κ2) is 8.64. The smallest absolute Gasteiger partial charge is 0.106 e. The van der Waals surface area contributed by atoms with Gasteiger partial charge in [-0.2, -0.15) is 5.26 Å². The molecule has 116 valence electrons. The maximum Gasteiger partial charge on any atom is 0.106 e. The summed E-state index contributed by atoms with van der Waals surface area (Å²) in [6, 6.07) is 2.89. The van der Waals surface area contributed by atoms with Crippen LogP contribution in [0.4, 0.5) is 0 Å². The molecular formula is C17H33N3. The predicted molar refractivity (Wildman–Crippen MR) is 85.6 cm³/mol. The summed E-state index contributed by atoms with van der Waals surface area (Å²) in [7, 11) is 0. The van der Waals surface area contributed by atoms with Crippen LogP contribution in [0.5, 0.6) is 0 Å². The fourth-order valence-corrected chi connectivity index (χ4v) is 3.22. The van der Waals surface area contributed by atoms with Gasteiger partial charge in [0.05, 0.1) is 6.07 Å². The Labute approximate surface area is 125 Å². The zero-order valence-electron chi connectivity index (χ0n) is 13.9. The molecule has 1 saturated heterocycles. The molecule has 1 heterocycles. The molecule has 0 aromatic rings. The van der Waals surface area contributed by atoms with Crippen molar-refractivity contribution in [3.05, 3.63) is 0 Å². The standard InChI is InChI=1S/C17H33N3/c1-5-17(14-18,19-15(2)3)10-7-12-20-11-6-8-16(4)9-13-20/h15-16,19H,5-13H2,1-4H3. The lowest BCUT2D eigenvalue weighted by molar-refractivity contribution is 0.254. The fourth-order valence-electron chi connectivity index (χ4n) is 3.22. The van der Waals surface area contributed by atoms with Crippen molar-refractivity contribution in [1.29, 1.82) is 5.26 Å². The van der Waals surface area contributed by atoms with Crippen molar-refractivity contribution >= 4 is 0 Å². The van der Waals surface area contributed by atoms with E-state index < -0.39 is 0 Å². The molecule has 0 bridgehead atoms. The second-order valence-electron chi connectivity index (χ2n) is 6.83. The fraction of sp³-hybridized carbons (Fsp3) is 0.941. The number of hydrogen-bond acceptors (Lipinski definition) is 3. The van der Waals surface area contributed by atoms with E-state index in [1.165, 1.54) is 32.4 Å². The minimum atomic E-state index is -0.326. The van der Waals surface area contributed by atoms with Gasteiger partial charge in [-0.05, 0) is 77.9 Å². The van der Waals surface area contributed by atoms with Gasteiger partial charge >= 0.3 is 0 Å². The van der Waals surface area contributed by atoms with Gasteiger partial charge < -0.3 is 4.90 Å². The average Bonchev–Trinajstić information content (AvgIpc) is 2.62. The van der Waals surface area contributed by atoms with Gasteiger partial charge in [0.25, 0.3) is 0 Å². The van der Waals surface area contributed by atoms with E-state index in [4.69, 9.17) is 0 Å². The zero-order valence-corrected chi connectivity index (χ0v) is 13.9. The van der Waals surface area contributed by atoms with Crippen molar-refractivity contribution in [2.45, 2.75) is 77.8 Å². The summed E-state index contributed by atoms with van der Waals surface area (Å²) in [5.41, 5.74) is -0.326. The van der Waals surface area contributed by atoms with Gasteiger partial charge in [0.1, 0.15) is 5.54 Å². The van der Waals surface area contributed by atoms with Gasteiger partial charge in [0, 0.05) is 6.04 Å². The molecule has 0 saturated carbocycles. The van der Waals surface area contributed by atoms with Gasteiger partial charge in [0.2, 0.25) is 0 Å². The Hall–Kier alpha value is -0.590. The number of rotatable bonds is 7. The SMILES string of the molecule is CCC(C#N)(CCCN1CCCC(C)CC1)NC(C)C. The van der Waals surface area contributed by atoms with Crippen molar-refractivity contribution < 1.29 is 0 Å². The topological polar surface area (TPSA) is 39.1 Å². The Morgan fingerprint density at radius 1 is 1.35 bits per heavy atom. The Morgan fingerprint density at radius 2 is 2.10 bits per heavy atom. The van der Waals surface area contributed by atoms with E-state index in [2.05, 4.69) is 44.0 Å². The first-order valence-corrected chi connectivity index (χ1v) is 8.42. The first-order chi connectivity index (χ1) is 9.51. The molecule has 0 aliphatic carbocycles. The molecule has 1 fully saturated rings. The Morgan fingerprint density at radius 3 is 2.70 bits per heavy atom. The third-order valence-corrected chi connectivity index (χ3v) is 4.57. The molecule has 20 heavy (non-hydrogen) atoms. The molecule has 1 N–H and O–H groups in total. The highest BCUT2D eigenvalue weighted by Crippen LogP contribution is 2.20. The van der Waals surface area contributed by atoms with E-state index in [1.807, 2.05) is 0 Å². The predicted octanol–water partition coefficient (Wildman–Crippen LogP) is 3.56. The summed E-state index contributed by atoms with van der Waals surface area (Å²) in [6.07, 6.45) is 7.02. The molecule has 0 radical (unpaired) electrons. The van der Waals surface area contributed by atoms with E-state index >= 15 is 0 Å². The zero-order chi connectivity index (χ0) is 15.0. The normalized spacial score (nSPS) is 24.1. The van der Waals surface area contributed by atoms with Gasteiger partial charge in [0.15, 0.2) is 0 Å². The highest BCUT2D eigenvalue weighted by Gasteiger charge is 2.28. The molecular weight excluding hydrogens is 246 g/mol. The van der Waals surface area contributed by atoms with Crippen LogP contribution in [0, 0.1) is 17.2 Å². The monoisotopic (exact) mass is 279 g/mol. The molecule has 0 aromatic carbocycles. The lowest BCUT2D eigenvalue weighted by atomic mass is 9.91. The van der Waals surface area contributed by atoms with Crippen LogP contribution in [-0.2, 0) is 0 Å². The lowest BCUT2D eigenvalue weighted by Crippen LogP contribution is -2.47. The maximum absolute atomic E-state index is 9.52. The van der Waals surface area contributed by atoms with Crippen LogP contribution in [0.3, 0.4) is 0 Å². The van der Waals surface area contributed by atoms with E-state index in [-0.39, 0.29) is 5.54 Å². The summed E-state index contributed by atoms with van der Waals surface area (Å²) >= 11 is 0. The van der Waals surface area contributed by atoms with Crippen LogP contribution in [0.1, 0.15) is 66.2 Å². The molecule has 1 aliphatic heterocycles. The summed E-state index contributed by atoms with van der Waals surface area (Å²) in [5, 5.41) is 13.0. The van der Waals surface area contributed by atoms with Crippen molar-refractivity contribution in [2.75, 3.05) is 19.6 Å². The van der Waals surface area contributed by atoms with E-state index in [9.17, 15) is 5.26 Å². The molecule has 3 heteroatoms. The van der Waals surface area contributed by atoms with Crippen molar-refractivity contribution in [3.63, 3.8) is 0 Å². The quantitative estimate of drug-likeness (QED) is 0.774. The van der Waals surface area contributed by atoms with Crippen LogP contribution >= 0.6 is 0 Å². The first kappa shape index (κ1) is 17.5. The number of hydrogen-bond donors (Lipinski definition) is 1. The Balaban J connectivity index is 2.38. The highest BCUT2D eigenvalue weighted by atomic mass is 15.1. The van der Waals surface area contributed by atoms with Crippen molar-refractivity contribution in [1.82, 2.24) is 10.2 Å². The van der Waals surface area contributed by atoms with Gasteiger partial charge in [-0.3, -0.25) is 5.32 Å². The summed E-state index contributed by atoms with van der Waals surface area (Å²) in [6.45, 7) is 12.4. The summed E-state index contributed by atoms with van der Waals surface area (Å²) < 4.78 is 0. The molecule has 2 unspecified atom stereocenters. The largest absolute Gasteiger partial charge is 0.303 e. The van der Waals surface area contributed by atoms with Gasteiger partial charge in [-0.15, -0.1) is 0 Å². The number of nitriles is 1. The van der Waals surface area contributed by atoms with Gasteiger partial charge in [-0.25, -0.2) is 0 Å². The summed E-state index contributed by atoms with van der Waals surface area (Å²) in [4.78, 5) is 2.59. The molecule has 1 aliphatic rings. The third kappa shape index (κ3) is 5.81. The molecule has 1 rings (SSSR count). The average molecular weight is 279 g/mol. The molecule has 0 amide bonds. The van der Waals surface area contributed by atoms with Gasteiger partial charge in [-0.1, -0.05) is 13.8 Å². The third-order valence-electron chi connectivity index (χ3n) is 4.57. The molecule has 2 atom stereocenters. The number of likely N-dealkylation sites (tertiary alicyclic amines) is 1. The maximum atomic E-state index is 9.52. The van der Waals surface area contributed by atoms with Crippen LogP contribution in [0.2, 0.25) is 0 Å². The second-order valence-corrected chi connectivity index (χ2v) is 6.83. The van der Waals surface area contributed by atoms with E-state index in [0.29, 0.717) is 6.04 Å². The van der Waals surface area contributed by atoms with Crippen LogP contribution < -0.4 is 5.32 Å². The Kier molecular flexibility index (Phi) is 7.55. The van der Waals surface area contributed by atoms with Crippen LogP contribution in [-0.4, -0.2) is 36.1 Å². The van der Waals surface area contributed by atoms with E-state index in [1.54, 1.807) is 0 Å². The number of nitrogens with one attached hydrogen (secondary N) is 1. The van der Waals surface area contributed by atoms with Crippen molar-refractivity contribution in [2.24, 2.45) is 5.92 Å². The minimum absolute atomic E-state index is 0.326. The minimum Gasteiger partial charge on any atom is -0.303 e. The van der Waals surface area contributed by atoms with Crippen LogP contribution in [0.15, 0.2) is 0 Å². The van der Waals surface area contributed by atoms with E-state index in [0.717, 1.165) is 31.7 Å². The molecule has 0 aromatic heterocycles. The lowest BCUT2D eigenvalue weighted by Gasteiger charge is -2.30. The Bertz CT molecular complexity index is 308.